The number of aryl methyl sites for hydroxylation is 2. The van der Waals surface area contributed by atoms with Crippen LogP contribution in [-0.2, 0) is 5.33 Å². The van der Waals surface area contributed by atoms with Gasteiger partial charge in [-0.15, -0.1) is 0 Å². The van der Waals surface area contributed by atoms with Crippen molar-refractivity contribution in [2.24, 2.45) is 0 Å². The van der Waals surface area contributed by atoms with E-state index in [1.807, 2.05) is 32.2 Å². The molecule has 2 rings (SSSR count). The van der Waals surface area contributed by atoms with Crippen molar-refractivity contribution in [2.75, 3.05) is 0 Å². The van der Waals surface area contributed by atoms with Gasteiger partial charge in [-0.3, -0.25) is 0 Å². The van der Waals surface area contributed by atoms with Crippen LogP contribution >= 0.6 is 27.5 Å². The maximum Gasteiger partial charge on any atom is 0.222 e. The summed E-state index contributed by atoms with van der Waals surface area (Å²) >= 11 is 9.73. The molecule has 1 heterocycles. The number of nitrogens with zero attached hydrogens (tertiary/aromatic N) is 1. The lowest BCUT2D eigenvalue weighted by Gasteiger charge is -2.15. The molecule has 112 valence electrons. The summed E-state index contributed by atoms with van der Waals surface area (Å²) in [5, 5.41) is 1.58. The third kappa shape index (κ3) is 3.78. The third-order valence-corrected chi connectivity index (χ3v) is 4.34. The number of halogens is 2. The fourth-order valence-electron chi connectivity index (χ4n) is 2.13. The minimum Gasteiger partial charge on any atom is -0.438 e. The molecule has 0 amide bonds. The highest BCUT2D eigenvalue weighted by molar-refractivity contribution is 9.08. The normalized spacial score (nSPS) is 11.0. The molecule has 0 aliphatic rings. The van der Waals surface area contributed by atoms with E-state index in [2.05, 4.69) is 40.8 Å². The monoisotopic (exact) mass is 367 g/mol. The smallest absolute Gasteiger partial charge is 0.222 e. The van der Waals surface area contributed by atoms with Crippen LogP contribution in [0.2, 0.25) is 5.02 Å². The number of pyridine rings is 1. The van der Waals surface area contributed by atoms with E-state index in [0.717, 1.165) is 38.4 Å². The molecule has 1 aromatic carbocycles. The Balaban J connectivity index is 2.37. The summed E-state index contributed by atoms with van der Waals surface area (Å²) in [4.78, 5) is 4.40. The Morgan fingerprint density at radius 1 is 1.19 bits per heavy atom. The highest BCUT2D eigenvalue weighted by Gasteiger charge is 2.12. The highest BCUT2D eigenvalue weighted by Crippen LogP contribution is 2.34. The first-order valence-electron chi connectivity index (χ1n) is 6.91. The van der Waals surface area contributed by atoms with Crippen molar-refractivity contribution in [1.29, 1.82) is 0 Å². The molecule has 0 saturated heterocycles. The van der Waals surface area contributed by atoms with Crippen molar-refractivity contribution in [1.82, 2.24) is 4.98 Å². The zero-order chi connectivity index (χ0) is 15.6. The first-order chi connectivity index (χ1) is 9.92. The van der Waals surface area contributed by atoms with Crippen molar-refractivity contribution in [3.05, 3.63) is 51.7 Å². The average molecular weight is 369 g/mol. The molecule has 0 N–H and O–H groups in total. The van der Waals surface area contributed by atoms with Crippen LogP contribution in [0.25, 0.3) is 0 Å². The molecule has 0 bridgehead atoms. The second kappa shape index (κ2) is 6.80. The van der Waals surface area contributed by atoms with Crippen molar-refractivity contribution >= 4 is 27.5 Å². The van der Waals surface area contributed by atoms with Crippen LogP contribution < -0.4 is 4.74 Å². The highest BCUT2D eigenvalue weighted by atomic mass is 79.9. The summed E-state index contributed by atoms with van der Waals surface area (Å²) in [6.07, 6.45) is 1.83. The Labute approximate surface area is 139 Å². The Morgan fingerprint density at radius 3 is 2.48 bits per heavy atom. The lowest BCUT2D eigenvalue weighted by atomic mass is 10.0. The van der Waals surface area contributed by atoms with Crippen molar-refractivity contribution in [2.45, 2.75) is 38.9 Å². The largest absolute Gasteiger partial charge is 0.438 e. The molecule has 21 heavy (non-hydrogen) atoms. The van der Waals surface area contributed by atoms with E-state index in [4.69, 9.17) is 16.3 Å². The SMILES string of the molecule is Cc1cc(Cl)c(C(C)C)cc1Oc1ncc(CBr)cc1C. The molecule has 0 fully saturated rings. The molecule has 0 atom stereocenters. The molecule has 2 aromatic rings. The Hall–Kier alpha value is -1.06. The number of hydrogen-bond donors (Lipinski definition) is 0. The van der Waals surface area contributed by atoms with Gasteiger partial charge in [0.15, 0.2) is 0 Å². The van der Waals surface area contributed by atoms with Gasteiger partial charge in [0.1, 0.15) is 5.75 Å². The van der Waals surface area contributed by atoms with Crippen LogP contribution in [0.1, 0.15) is 42.0 Å². The van der Waals surface area contributed by atoms with Gasteiger partial charge in [-0.05, 0) is 54.7 Å². The number of aromatic nitrogens is 1. The van der Waals surface area contributed by atoms with Gasteiger partial charge < -0.3 is 4.74 Å². The topological polar surface area (TPSA) is 22.1 Å². The van der Waals surface area contributed by atoms with Gasteiger partial charge in [0.05, 0.1) is 0 Å². The Bertz CT molecular complexity index is 655. The fraction of sp³-hybridized carbons (Fsp3) is 0.353. The minimum absolute atomic E-state index is 0.352. The summed E-state index contributed by atoms with van der Waals surface area (Å²) in [5.74, 6) is 1.80. The van der Waals surface area contributed by atoms with Gasteiger partial charge in [-0.1, -0.05) is 41.4 Å². The molecule has 0 radical (unpaired) electrons. The molecule has 2 nitrogen and oxygen atoms in total. The van der Waals surface area contributed by atoms with E-state index in [-0.39, 0.29) is 0 Å². The Kier molecular flexibility index (Phi) is 5.28. The van der Waals surface area contributed by atoms with Crippen LogP contribution in [0.5, 0.6) is 11.6 Å². The number of hydrogen-bond acceptors (Lipinski definition) is 2. The zero-order valence-electron chi connectivity index (χ0n) is 12.7. The van der Waals surface area contributed by atoms with Crippen LogP contribution in [0, 0.1) is 13.8 Å². The molecule has 1 aromatic heterocycles. The molecule has 4 heteroatoms. The van der Waals surface area contributed by atoms with Crippen molar-refractivity contribution in [3.8, 4) is 11.6 Å². The van der Waals surface area contributed by atoms with Gasteiger partial charge in [0, 0.05) is 22.1 Å². The quantitative estimate of drug-likeness (QED) is 0.603. The maximum absolute atomic E-state index is 6.29. The number of alkyl halides is 1. The van der Waals surface area contributed by atoms with Crippen LogP contribution in [0.3, 0.4) is 0 Å². The minimum atomic E-state index is 0.352. The predicted molar refractivity (Wildman–Crippen MR) is 92.0 cm³/mol. The van der Waals surface area contributed by atoms with Gasteiger partial charge >= 0.3 is 0 Å². The lowest BCUT2D eigenvalue weighted by molar-refractivity contribution is 0.454. The summed E-state index contributed by atoms with van der Waals surface area (Å²) in [5.41, 5.74) is 4.25. The van der Waals surface area contributed by atoms with E-state index in [1.54, 1.807) is 0 Å². The van der Waals surface area contributed by atoms with E-state index in [1.165, 1.54) is 0 Å². The number of ether oxygens (including phenoxy) is 1. The van der Waals surface area contributed by atoms with Crippen molar-refractivity contribution in [3.63, 3.8) is 0 Å². The molecule has 0 saturated carbocycles. The third-order valence-electron chi connectivity index (χ3n) is 3.36. The number of benzene rings is 1. The second-order valence-corrected chi connectivity index (χ2v) is 6.46. The average Bonchev–Trinajstić information content (AvgIpc) is 2.43. The molecule has 0 unspecified atom stereocenters. The molecule has 0 aliphatic carbocycles. The summed E-state index contributed by atoms with van der Waals surface area (Å²) in [6, 6.07) is 6.04. The van der Waals surface area contributed by atoms with E-state index in [9.17, 15) is 0 Å². The van der Waals surface area contributed by atoms with Gasteiger partial charge in [0.2, 0.25) is 5.88 Å². The van der Waals surface area contributed by atoms with Crippen molar-refractivity contribution < 1.29 is 4.74 Å². The van der Waals surface area contributed by atoms with Gasteiger partial charge in [0.25, 0.3) is 0 Å². The fourth-order valence-corrected chi connectivity index (χ4v) is 2.87. The summed E-state index contributed by atoms with van der Waals surface area (Å²) < 4.78 is 6.00. The Morgan fingerprint density at radius 2 is 1.90 bits per heavy atom. The van der Waals surface area contributed by atoms with E-state index >= 15 is 0 Å². The molecular formula is C17H19BrClNO. The maximum atomic E-state index is 6.29. The molecule has 0 spiro atoms. The predicted octanol–water partition coefficient (Wildman–Crippen LogP) is 6.16. The number of rotatable bonds is 4. The first kappa shape index (κ1) is 16.3. The van der Waals surface area contributed by atoms with Gasteiger partial charge in [-0.25, -0.2) is 4.98 Å². The second-order valence-electron chi connectivity index (χ2n) is 5.50. The van der Waals surface area contributed by atoms with Gasteiger partial charge in [-0.2, -0.15) is 0 Å². The first-order valence-corrected chi connectivity index (χ1v) is 8.41. The summed E-state index contributed by atoms with van der Waals surface area (Å²) in [7, 11) is 0. The molecule has 0 aliphatic heterocycles. The van der Waals surface area contributed by atoms with E-state index < -0.39 is 0 Å². The summed E-state index contributed by atoms with van der Waals surface area (Å²) in [6.45, 7) is 8.24. The lowest BCUT2D eigenvalue weighted by Crippen LogP contribution is -1.97. The van der Waals surface area contributed by atoms with E-state index in [0.29, 0.717) is 11.8 Å². The van der Waals surface area contributed by atoms with Crippen LogP contribution in [-0.4, -0.2) is 4.98 Å². The van der Waals surface area contributed by atoms with Crippen LogP contribution in [0.4, 0.5) is 0 Å². The standard InChI is InChI=1S/C17H19BrClNO/c1-10(2)14-7-16(11(3)6-15(14)19)21-17-12(4)5-13(8-18)9-20-17/h5-7,9-10H,8H2,1-4H3. The van der Waals surface area contributed by atoms with Crippen LogP contribution in [0.15, 0.2) is 24.4 Å². The zero-order valence-corrected chi connectivity index (χ0v) is 15.0. The molecular weight excluding hydrogens is 350 g/mol.